The molecule has 0 radical (unpaired) electrons. The molecule has 2 saturated carbocycles. The summed E-state index contributed by atoms with van der Waals surface area (Å²) < 4.78 is 11.2. The molecule has 0 bridgehead atoms. The predicted molar refractivity (Wildman–Crippen MR) is 127 cm³/mol. The van der Waals surface area contributed by atoms with Crippen molar-refractivity contribution in [3.63, 3.8) is 0 Å². The van der Waals surface area contributed by atoms with Crippen molar-refractivity contribution in [3.05, 3.63) is 42.0 Å². The number of aryl methyl sites for hydroxylation is 1. The van der Waals surface area contributed by atoms with Crippen LogP contribution in [0.5, 0.6) is 5.75 Å². The summed E-state index contributed by atoms with van der Waals surface area (Å²) in [6.45, 7) is 4.04. The van der Waals surface area contributed by atoms with Gasteiger partial charge < -0.3 is 9.47 Å². The Morgan fingerprint density at radius 3 is 2.12 bits per heavy atom. The highest BCUT2D eigenvalue weighted by molar-refractivity contribution is 5.81. The highest BCUT2D eigenvalue weighted by Gasteiger charge is 2.34. The van der Waals surface area contributed by atoms with Gasteiger partial charge in [-0.3, -0.25) is 4.79 Å². The van der Waals surface area contributed by atoms with Crippen LogP contribution in [0.15, 0.2) is 36.4 Å². The van der Waals surface area contributed by atoms with Gasteiger partial charge in [-0.05, 0) is 101 Å². The Bertz CT molecular complexity index is 735. The second kappa shape index (κ2) is 12.8. The van der Waals surface area contributed by atoms with Crippen LogP contribution in [0.2, 0.25) is 0 Å². The first kappa shape index (κ1) is 24.5. The van der Waals surface area contributed by atoms with Gasteiger partial charge in [-0.1, -0.05) is 38.0 Å². The fraction of sp³-hybridized carbons (Fsp3) is 0.643. The van der Waals surface area contributed by atoms with Crippen LogP contribution in [-0.4, -0.2) is 18.0 Å². The molecule has 3 rings (SSSR count). The Morgan fingerprint density at radius 1 is 0.906 bits per heavy atom. The molecule has 2 fully saturated rings. The summed E-state index contributed by atoms with van der Waals surface area (Å²) in [5.41, 5.74) is 1.31. The van der Waals surface area contributed by atoms with E-state index in [4.69, 9.17) is 9.47 Å². The second-order valence-electron chi connectivity index (χ2n) is 9.61. The van der Waals surface area contributed by atoms with Crippen LogP contribution in [0.25, 0.3) is 0 Å². The summed E-state index contributed by atoms with van der Waals surface area (Å²) in [7, 11) is 0. The monoisotopic (exact) mass is 440 g/mol. The number of esters is 2. The van der Waals surface area contributed by atoms with Crippen LogP contribution >= 0.6 is 0 Å². The van der Waals surface area contributed by atoms with E-state index in [1.807, 2.05) is 19.1 Å². The van der Waals surface area contributed by atoms with Gasteiger partial charge in [0.2, 0.25) is 0 Å². The number of unbranched alkanes of at least 4 members (excludes halogenated alkanes) is 2. The van der Waals surface area contributed by atoms with Crippen LogP contribution < -0.4 is 4.74 Å². The first-order chi connectivity index (χ1) is 15.6. The van der Waals surface area contributed by atoms with Crippen LogP contribution in [0.4, 0.5) is 0 Å². The third kappa shape index (κ3) is 7.50. The molecule has 0 N–H and O–H groups in total. The van der Waals surface area contributed by atoms with Crippen molar-refractivity contribution in [3.8, 4) is 5.75 Å². The van der Waals surface area contributed by atoms with Crippen LogP contribution in [0.3, 0.4) is 0 Å². The highest BCUT2D eigenvalue weighted by Crippen LogP contribution is 2.41. The van der Waals surface area contributed by atoms with E-state index in [-0.39, 0.29) is 24.0 Å². The lowest BCUT2D eigenvalue weighted by atomic mass is 9.70. The van der Waals surface area contributed by atoms with E-state index in [1.54, 1.807) is 6.08 Å². The minimum Gasteiger partial charge on any atom is -0.459 e. The normalized spacial score (nSPS) is 26.1. The Kier molecular flexibility index (Phi) is 9.83. The number of carbonyl (C=O) groups is 2. The third-order valence-electron chi connectivity index (χ3n) is 7.29. The van der Waals surface area contributed by atoms with E-state index in [9.17, 15) is 9.59 Å². The predicted octanol–water partition coefficient (Wildman–Crippen LogP) is 6.81. The maximum absolute atomic E-state index is 12.7. The largest absolute Gasteiger partial charge is 0.459 e. The Balaban J connectivity index is 1.37. The highest BCUT2D eigenvalue weighted by atomic mass is 16.5. The first-order valence-electron chi connectivity index (χ1n) is 12.7. The van der Waals surface area contributed by atoms with Crippen molar-refractivity contribution in [2.45, 2.75) is 97.0 Å². The summed E-state index contributed by atoms with van der Waals surface area (Å²) in [4.78, 5) is 24.3. The number of allylic oxidation sites excluding steroid dienone is 1. The lowest BCUT2D eigenvalue weighted by Crippen LogP contribution is -2.31. The molecule has 0 heterocycles. The first-order valence-corrected chi connectivity index (χ1v) is 12.7. The number of hydrogen-bond donors (Lipinski definition) is 0. The molecular weight excluding hydrogens is 400 g/mol. The topological polar surface area (TPSA) is 52.6 Å². The smallest absolute Gasteiger partial charge is 0.330 e. The quantitative estimate of drug-likeness (QED) is 0.183. The zero-order valence-electron chi connectivity index (χ0n) is 19.9. The SMILES string of the molecule is C/C=C/C(=O)OC1CCC(C2CCC(C(=O)Oc3ccc(CCCCC)cc3)CC2)CC1. The number of benzene rings is 1. The van der Waals surface area contributed by atoms with E-state index in [1.165, 1.54) is 30.9 Å². The molecule has 2 aliphatic rings. The molecule has 32 heavy (non-hydrogen) atoms. The van der Waals surface area contributed by atoms with Gasteiger partial charge in [0.1, 0.15) is 11.9 Å². The van der Waals surface area contributed by atoms with Crippen molar-refractivity contribution in [2.24, 2.45) is 17.8 Å². The Hall–Kier alpha value is -2.10. The molecule has 4 heteroatoms. The summed E-state index contributed by atoms with van der Waals surface area (Å²) in [6.07, 6.45) is 16.3. The number of ether oxygens (including phenoxy) is 2. The molecule has 0 aliphatic heterocycles. The van der Waals surface area contributed by atoms with E-state index in [0.29, 0.717) is 17.6 Å². The standard InChI is InChI=1S/C28H40O4/c1-3-5-6-8-21-9-17-26(18-10-21)32-28(30)24-13-11-22(12-14-24)23-15-19-25(20-16-23)31-27(29)7-4-2/h4,7,9-10,17-18,22-25H,3,5-6,8,11-16,19-20H2,1-2H3/b7-4+. The molecule has 0 amide bonds. The molecule has 1 aromatic carbocycles. The average Bonchev–Trinajstić information content (AvgIpc) is 2.81. The van der Waals surface area contributed by atoms with Gasteiger partial charge in [-0.15, -0.1) is 0 Å². The van der Waals surface area contributed by atoms with Crippen molar-refractivity contribution in [1.29, 1.82) is 0 Å². The zero-order valence-corrected chi connectivity index (χ0v) is 19.9. The molecule has 0 spiro atoms. The summed E-state index contributed by atoms with van der Waals surface area (Å²) in [5, 5.41) is 0. The van der Waals surface area contributed by atoms with E-state index in [0.717, 1.165) is 57.8 Å². The van der Waals surface area contributed by atoms with Gasteiger partial charge >= 0.3 is 11.9 Å². The molecule has 0 unspecified atom stereocenters. The minimum atomic E-state index is -0.221. The van der Waals surface area contributed by atoms with Crippen LogP contribution in [0, 0.1) is 17.8 Å². The number of carbonyl (C=O) groups excluding carboxylic acids is 2. The molecule has 4 nitrogen and oxygen atoms in total. The summed E-state index contributed by atoms with van der Waals surface area (Å²) in [6, 6.07) is 8.04. The fourth-order valence-electron chi connectivity index (χ4n) is 5.35. The molecule has 0 aromatic heterocycles. The van der Waals surface area contributed by atoms with Crippen molar-refractivity contribution < 1.29 is 19.1 Å². The van der Waals surface area contributed by atoms with Crippen LogP contribution in [0.1, 0.15) is 90.0 Å². The van der Waals surface area contributed by atoms with Crippen molar-refractivity contribution >= 4 is 11.9 Å². The van der Waals surface area contributed by atoms with Crippen LogP contribution in [-0.2, 0) is 20.7 Å². The lowest BCUT2D eigenvalue weighted by molar-refractivity contribution is -0.145. The molecule has 0 saturated heterocycles. The maximum atomic E-state index is 12.7. The lowest BCUT2D eigenvalue weighted by Gasteiger charge is -2.37. The molecule has 176 valence electrons. The molecule has 2 aliphatic carbocycles. The second-order valence-corrected chi connectivity index (χ2v) is 9.61. The maximum Gasteiger partial charge on any atom is 0.330 e. The van der Waals surface area contributed by atoms with Gasteiger partial charge in [0.15, 0.2) is 0 Å². The molecule has 0 atom stereocenters. The van der Waals surface area contributed by atoms with Crippen molar-refractivity contribution in [2.75, 3.05) is 0 Å². The van der Waals surface area contributed by atoms with Crippen molar-refractivity contribution in [1.82, 2.24) is 0 Å². The minimum absolute atomic E-state index is 0.0219. The van der Waals surface area contributed by atoms with Gasteiger partial charge in [-0.25, -0.2) is 4.79 Å². The van der Waals surface area contributed by atoms with E-state index >= 15 is 0 Å². The molecular formula is C28H40O4. The van der Waals surface area contributed by atoms with Gasteiger partial charge in [0.05, 0.1) is 5.92 Å². The summed E-state index contributed by atoms with van der Waals surface area (Å²) in [5.74, 6) is 1.79. The fourth-order valence-corrected chi connectivity index (χ4v) is 5.35. The third-order valence-corrected chi connectivity index (χ3v) is 7.29. The summed E-state index contributed by atoms with van der Waals surface area (Å²) >= 11 is 0. The van der Waals surface area contributed by atoms with Gasteiger partial charge in [0.25, 0.3) is 0 Å². The van der Waals surface area contributed by atoms with E-state index < -0.39 is 0 Å². The van der Waals surface area contributed by atoms with Gasteiger partial charge in [-0.2, -0.15) is 0 Å². The average molecular weight is 441 g/mol. The Morgan fingerprint density at radius 2 is 1.53 bits per heavy atom. The van der Waals surface area contributed by atoms with Gasteiger partial charge in [0, 0.05) is 6.08 Å². The zero-order chi connectivity index (χ0) is 22.8. The number of rotatable bonds is 9. The molecule has 1 aromatic rings. The van der Waals surface area contributed by atoms with E-state index in [2.05, 4.69) is 19.1 Å². The number of hydrogen-bond acceptors (Lipinski definition) is 4. The Labute approximate surface area is 193 Å².